The van der Waals surface area contributed by atoms with Crippen LogP contribution in [-0.2, 0) is 9.47 Å². The Kier molecular flexibility index (Phi) is 6.31. The van der Waals surface area contributed by atoms with Crippen molar-refractivity contribution in [1.29, 1.82) is 0 Å². The van der Waals surface area contributed by atoms with Crippen molar-refractivity contribution in [2.24, 2.45) is 0 Å². The van der Waals surface area contributed by atoms with Gasteiger partial charge in [0, 0.05) is 14.2 Å². The van der Waals surface area contributed by atoms with Crippen LogP contribution in [0.5, 0.6) is 23.0 Å². The largest absolute Gasteiger partial charge is 0.507 e. The van der Waals surface area contributed by atoms with Gasteiger partial charge in [-0.05, 0) is 24.3 Å². The van der Waals surface area contributed by atoms with Crippen molar-refractivity contribution in [3.63, 3.8) is 0 Å². The normalized spacial score (nSPS) is 10.6. The maximum Gasteiger partial charge on any atom is 0.206 e. The molecule has 0 aromatic heterocycles. The van der Waals surface area contributed by atoms with E-state index in [2.05, 4.69) is 9.47 Å². The summed E-state index contributed by atoms with van der Waals surface area (Å²) in [5.74, 6) is -6.03. The van der Waals surface area contributed by atoms with Gasteiger partial charge in [0.25, 0.3) is 0 Å². The summed E-state index contributed by atoms with van der Waals surface area (Å²) in [6.07, 6.45) is 0. The highest BCUT2D eigenvalue weighted by Gasteiger charge is 2.28. The van der Waals surface area contributed by atoms with Crippen LogP contribution >= 0.6 is 0 Å². The van der Waals surface area contributed by atoms with Crippen LogP contribution in [0, 0.1) is 11.6 Å². The summed E-state index contributed by atoms with van der Waals surface area (Å²) < 4.78 is 48.3. The number of ketones is 1. The van der Waals surface area contributed by atoms with Crippen molar-refractivity contribution in [3.05, 3.63) is 47.0 Å². The van der Waals surface area contributed by atoms with Crippen LogP contribution in [0.1, 0.15) is 15.9 Å². The maximum absolute atomic E-state index is 14.5. The van der Waals surface area contributed by atoms with E-state index in [1.807, 2.05) is 0 Å². The van der Waals surface area contributed by atoms with Gasteiger partial charge in [-0.2, -0.15) is 0 Å². The number of phenolic OH excluding ortho intramolecular Hbond substituents is 2. The molecule has 0 spiro atoms. The Morgan fingerprint density at radius 1 is 0.846 bits per heavy atom. The number of aromatic hydroxyl groups is 2. The number of halogens is 2. The summed E-state index contributed by atoms with van der Waals surface area (Å²) >= 11 is 0. The first-order valence-corrected chi connectivity index (χ1v) is 7.23. The average molecular weight is 370 g/mol. The summed E-state index contributed by atoms with van der Waals surface area (Å²) in [7, 11) is 2.62. The lowest BCUT2D eigenvalue weighted by atomic mass is 9.99. The smallest absolute Gasteiger partial charge is 0.206 e. The number of hydrogen-bond donors (Lipinski definition) is 2. The lowest BCUT2D eigenvalue weighted by Gasteiger charge is -2.13. The highest BCUT2D eigenvalue weighted by Crippen LogP contribution is 2.35. The molecule has 9 heteroatoms. The van der Waals surface area contributed by atoms with Gasteiger partial charge in [0.15, 0.2) is 36.7 Å². The summed E-state index contributed by atoms with van der Waals surface area (Å²) in [6, 6.07) is 4.16. The molecule has 7 nitrogen and oxygen atoms in total. The molecule has 0 saturated carbocycles. The van der Waals surface area contributed by atoms with Crippen molar-refractivity contribution in [2.45, 2.75) is 0 Å². The number of carbonyl (C=O) groups is 1. The fourth-order valence-corrected chi connectivity index (χ4v) is 2.12. The van der Waals surface area contributed by atoms with E-state index in [1.54, 1.807) is 0 Å². The van der Waals surface area contributed by atoms with Crippen molar-refractivity contribution >= 4 is 5.78 Å². The molecule has 26 heavy (non-hydrogen) atoms. The third kappa shape index (κ3) is 3.84. The van der Waals surface area contributed by atoms with E-state index in [0.29, 0.717) is 0 Å². The highest BCUT2D eigenvalue weighted by molar-refractivity contribution is 6.13. The summed E-state index contributed by atoms with van der Waals surface area (Å²) in [4.78, 5) is 12.6. The Morgan fingerprint density at radius 2 is 1.23 bits per heavy atom. The predicted molar refractivity (Wildman–Crippen MR) is 84.6 cm³/mol. The second-order valence-corrected chi connectivity index (χ2v) is 4.97. The summed E-state index contributed by atoms with van der Waals surface area (Å²) in [5, 5.41) is 19.7. The molecular formula is C17H16F2O7. The number of carbonyl (C=O) groups excluding carboxylic acids is 1. The first-order chi connectivity index (χ1) is 12.4. The van der Waals surface area contributed by atoms with Crippen molar-refractivity contribution in [1.82, 2.24) is 0 Å². The minimum atomic E-state index is -1.29. The van der Waals surface area contributed by atoms with Gasteiger partial charge in [-0.3, -0.25) is 4.79 Å². The molecule has 0 bridgehead atoms. The molecular weight excluding hydrogens is 354 g/mol. The van der Waals surface area contributed by atoms with Crippen LogP contribution in [0.3, 0.4) is 0 Å². The first-order valence-electron chi connectivity index (χ1n) is 7.23. The molecule has 0 aliphatic heterocycles. The fourth-order valence-electron chi connectivity index (χ4n) is 2.12. The van der Waals surface area contributed by atoms with Gasteiger partial charge in [0.2, 0.25) is 5.78 Å². The lowest BCUT2D eigenvalue weighted by molar-refractivity contribution is 0.0479. The number of methoxy groups -OCH3 is 2. The molecule has 2 N–H and O–H groups in total. The average Bonchev–Trinajstić information content (AvgIpc) is 2.60. The SMILES string of the molecule is COCOc1ccc(O)c(C(=O)c2c(O)ccc(OCOC)c2F)c1F. The number of rotatable bonds is 8. The van der Waals surface area contributed by atoms with E-state index in [4.69, 9.17) is 9.47 Å². The molecule has 0 heterocycles. The molecule has 140 valence electrons. The quantitative estimate of drug-likeness (QED) is 0.545. The first kappa shape index (κ1) is 19.4. The van der Waals surface area contributed by atoms with E-state index < -0.39 is 40.0 Å². The van der Waals surface area contributed by atoms with Crippen LogP contribution < -0.4 is 9.47 Å². The molecule has 0 fully saturated rings. The van der Waals surface area contributed by atoms with E-state index >= 15 is 0 Å². The Bertz CT molecular complexity index is 743. The monoisotopic (exact) mass is 370 g/mol. The zero-order chi connectivity index (χ0) is 19.3. The topological polar surface area (TPSA) is 94.5 Å². The zero-order valence-electron chi connectivity index (χ0n) is 13.9. The molecule has 0 amide bonds. The molecule has 0 unspecified atom stereocenters. The molecule has 2 rings (SSSR count). The van der Waals surface area contributed by atoms with Gasteiger partial charge >= 0.3 is 0 Å². The van der Waals surface area contributed by atoms with Gasteiger partial charge in [-0.25, -0.2) is 8.78 Å². The van der Waals surface area contributed by atoms with Crippen LogP contribution in [0.15, 0.2) is 24.3 Å². The molecule has 0 aliphatic rings. The van der Waals surface area contributed by atoms with Gasteiger partial charge in [-0.15, -0.1) is 0 Å². The summed E-state index contributed by atoms with van der Waals surface area (Å²) in [5.41, 5.74) is -1.73. The van der Waals surface area contributed by atoms with Crippen LogP contribution in [-0.4, -0.2) is 43.8 Å². The van der Waals surface area contributed by atoms with Gasteiger partial charge in [-0.1, -0.05) is 0 Å². The van der Waals surface area contributed by atoms with Gasteiger partial charge in [0.1, 0.15) is 22.6 Å². The highest BCUT2D eigenvalue weighted by atomic mass is 19.1. The molecule has 0 atom stereocenters. The van der Waals surface area contributed by atoms with Crippen molar-refractivity contribution < 1.29 is 42.7 Å². The third-order valence-corrected chi connectivity index (χ3v) is 3.29. The zero-order valence-corrected chi connectivity index (χ0v) is 13.9. The Balaban J connectivity index is 2.52. The molecule has 0 saturated heterocycles. The van der Waals surface area contributed by atoms with Gasteiger partial charge < -0.3 is 29.2 Å². The molecule has 0 aliphatic carbocycles. The molecule has 2 aromatic rings. The molecule has 0 radical (unpaired) electrons. The minimum Gasteiger partial charge on any atom is -0.507 e. The second-order valence-electron chi connectivity index (χ2n) is 4.97. The third-order valence-electron chi connectivity index (χ3n) is 3.29. The van der Waals surface area contributed by atoms with E-state index in [1.165, 1.54) is 14.2 Å². The Morgan fingerprint density at radius 3 is 1.58 bits per heavy atom. The standard InChI is InChI=1S/C17H16F2O7/c1-23-7-25-11-5-3-9(20)13(15(11)18)17(22)14-10(21)4-6-12(16(14)19)26-8-24-2/h3-6,20-21H,7-8H2,1-2H3. The summed E-state index contributed by atoms with van der Waals surface area (Å²) in [6.45, 7) is -0.620. The maximum atomic E-state index is 14.5. The fraction of sp³-hybridized carbons (Fsp3) is 0.235. The lowest BCUT2D eigenvalue weighted by Crippen LogP contribution is -2.11. The van der Waals surface area contributed by atoms with Crippen LogP contribution in [0.25, 0.3) is 0 Å². The van der Waals surface area contributed by atoms with E-state index in [-0.39, 0.29) is 25.1 Å². The Labute approximate surface area is 147 Å². The van der Waals surface area contributed by atoms with Crippen LogP contribution in [0.2, 0.25) is 0 Å². The Hall–Kier alpha value is -2.91. The number of ether oxygens (including phenoxy) is 4. The predicted octanol–water partition coefficient (Wildman–Crippen LogP) is 2.57. The van der Waals surface area contributed by atoms with Gasteiger partial charge in [0.05, 0.1) is 0 Å². The van der Waals surface area contributed by atoms with E-state index in [9.17, 15) is 23.8 Å². The van der Waals surface area contributed by atoms with Crippen molar-refractivity contribution in [2.75, 3.05) is 27.8 Å². The van der Waals surface area contributed by atoms with Crippen molar-refractivity contribution in [3.8, 4) is 23.0 Å². The van der Waals surface area contributed by atoms with E-state index in [0.717, 1.165) is 24.3 Å². The molecule has 2 aromatic carbocycles. The second kappa shape index (κ2) is 8.45. The minimum absolute atomic E-state index is 0.310. The number of benzene rings is 2. The number of phenols is 2. The van der Waals surface area contributed by atoms with Crippen LogP contribution in [0.4, 0.5) is 8.78 Å². The number of hydrogen-bond acceptors (Lipinski definition) is 7.